The molecule has 5 nitrogen and oxygen atoms in total. The van der Waals surface area contributed by atoms with Gasteiger partial charge in [-0.1, -0.05) is 13.0 Å². The fourth-order valence-corrected chi connectivity index (χ4v) is 1.29. The molecule has 0 bridgehead atoms. The molecule has 0 atom stereocenters. The van der Waals surface area contributed by atoms with E-state index in [2.05, 4.69) is 5.32 Å². The Morgan fingerprint density at radius 1 is 1.50 bits per heavy atom. The molecule has 0 aliphatic carbocycles. The molecule has 0 fully saturated rings. The average Bonchev–Trinajstić information content (AvgIpc) is 2.26. The number of nitro benzene ring substituents is 1. The Morgan fingerprint density at radius 3 is 2.75 bits per heavy atom. The van der Waals surface area contributed by atoms with E-state index in [1.54, 1.807) is 19.1 Å². The maximum absolute atomic E-state index is 11.6. The molecule has 86 valence electrons. The Kier molecular flexibility index (Phi) is 3.99. The van der Waals surface area contributed by atoms with Crippen LogP contribution in [0.4, 0.5) is 5.69 Å². The van der Waals surface area contributed by atoms with Crippen molar-refractivity contribution >= 4 is 11.6 Å². The summed E-state index contributed by atoms with van der Waals surface area (Å²) in [5.74, 6) is -0.273. The molecular weight excluding hydrogens is 208 g/mol. The van der Waals surface area contributed by atoms with Crippen molar-refractivity contribution in [2.75, 3.05) is 6.54 Å². The number of hydrogen-bond acceptors (Lipinski definition) is 3. The standard InChI is InChI=1S/C11H14N2O3/c1-3-6-12-11(14)9-5-4-8(2)10(7-9)13(15)16/h4-5,7H,3,6H2,1-2H3,(H,12,14). The van der Waals surface area contributed by atoms with Gasteiger partial charge in [-0.05, 0) is 19.4 Å². The molecule has 0 aromatic heterocycles. The SMILES string of the molecule is CCCNC(=O)c1ccc(C)c([N+](=O)[O-])c1. The minimum Gasteiger partial charge on any atom is -0.352 e. The minimum absolute atomic E-state index is 0.0239. The quantitative estimate of drug-likeness (QED) is 0.625. The number of nitrogens with zero attached hydrogens (tertiary/aromatic N) is 1. The maximum atomic E-state index is 11.6. The topological polar surface area (TPSA) is 72.2 Å². The number of nitrogens with one attached hydrogen (secondary N) is 1. The number of hydrogen-bond donors (Lipinski definition) is 1. The lowest BCUT2D eigenvalue weighted by atomic mass is 10.1. The summed E-state index contributed by atoms with van der Waals surface area (Å²) in [5, 5.41) is 13.4. The second-order valence-electron chi connectivity index (χ2n) is 3.51. The summed E-state index contributed by atoms with van der Waals surface area (Å²) in [4.78, 5) is 21.8. The van der Waals surface area contributed by atoms with Crippen LogP contribution in [-0.4, -0.2) is 17.4 Å². The first-order chi connectivity index (χ1) is 7.56. The first kappa shape index (κ1) is 12.2. The second-order valence-corrected chi connectivity index (χ2v) is 3.51. The van der Waals surface area contributed by atoms with Crippen LogP contribution in [0, 0.1) is 17.0 Å². The highest BCUT2D eigenvalue weighted by Crippen LogP contribution is 2.19. The number of amides is 1. The van der Waals surface area contributed by atoms with Crippen LogP contribution in [0.25, 0.3) is 0 Å². The molecule has 0 radical (unpaired) electrons. The molecule has 0 unspecified atom stereocenters. The lowest BCUT2D eigenvalue weighted by molar-refractivity contribution is -0.385. The van der Waals surface area contributed by atoms with E-state index in [1.165, 1.54) is 6.07 Å². The van der Waals surface area contributed by atoms with Crippen LogP contribution in [0.15, 0.2) is 18.2 Å². The molecule has 0 saturated heterocycles. The van der Waals surface area contributed by atoms with E-state index in [9.17, 15) is 14.9 Å². The zero-order valence-electron chi connectivity index (χ0n) is 9.32. The van der Waals surface area contributed by atoms with Crippen LogP contribution in [0.2, 0.25) is 0 Å². The summed E-state index contributed by atoms with van der Waals surface area (Å²) in [5.41, 5.74) is 0.854. The van der Waals surface area contributed by atoms with Crippen molar-refractivity contribution < 1.29 is 9.72 Å². The van der Waals surface area contributed by atoms with Gasteiger partial charge < -0.3 is 5.32 Å². The number of carbonyl (C=O) groups excluding carboxylic acids is 1. The van der Waals surface area contributed by atoms with Crippen LogP contribution in [-0.2, 0) is 0 Å². The molecule has 1 aromatic carbocycles. The van der Waals surface area contributed by atoms with Crippen molar-refractivity contribution in [1.82, 2.24) is 5.32 Å². The average molecular weight is 222 g/mol. The van der Waals surface area contributed by atoms with Gasteiger partial charge in [0, 0.05) is 23.7 Å². The monoisotopic (exact) mass is 222 g/mol. The number of rotatable bonds is 4. The zero-order chi connectivity index (χ0) is 12.1. The van der Waals surface area contributed by atoms with Gasteiger partial charge in [-0.25, -0.2) is 0 Å². The molecule has 0 aliphatic heterocycles. The third-order valence-electron chi connectivity index (χ3n) is 2.20. The first-order valence-electron chi connectivity index (χ1n) is 5.09. The van der Waals surface area contributed by atoms with Gasteiger partial charge in [-0.3, -0.25) is 14.9 Å². The Morgan fingerprint density at radius 2 is 2.19 bits per heavy atom. The molecule has 0 aliphatic rings. The summed E-state index contributed by atoms with van der Waals surface area (Å²) >= 11 is 0. The Hall–Kier alpha value is -1.91. The van der Waals surface area contributed by atoms with Gasteiger partial charge in [0.05, 0.1) is 4.92 Å². The predicted molar refractivity (Wildman–Crippen MR) is 60.5 cm³/mol. The van der Waals surface area contributed by atoms with Gasteiger partial charge in [-0.15, -0.1) is 0 Å². The molecule has 0 spiro atoms. The van der Waals surface area contributed by atoms with Crippen LogP contribution in [0.5, 0.6) is 0 Å². The minimum atomic E-state index is -0.480. The fraction of sp³-hybridized carbons (Fsp3) is 0.364. The highest BCUT2D eigenvalue weighted by atomic mass is 16.6. The fourth-order valence-electron chi connectivity index (χ4n) is 1.29. The smallest absolute Gasteiger partial charge is 0.273 e. The van der Waals surface area contributed by atoms with Gasteiger partial charge in [0.2, 0.25) is 0 Å². The van der Waals surface area contributed by atoms with Crippen molar-refractivity contribution in [3.05, 3.63) is 39.4 Å². The largest absolute Gasteiger partial charge is 0.352 e. The summed E-state index contributed by atoms with van der Waals surface area (Å²) in [6, 6.07) is 4.48. The number of benzene rings is 1. The van der Waals surface area contributed by atoms with E-state index in [0.717, 1.165) is 6.42 Å². The zero-order valence-corrected chi connectivity index (χ0v) is 9.32. The van der Waals surface area contributed by atoms with E-state index in [1.807, 2.05) is 6.92 Å². The number of carbonyl (C=O) groups is 1. The van der Waals surface area contributed by atoms with E-state index in [-0.39, 0.29) is 11.6 Å². The van der Waals surface area contributed by atoms with Crippen molar-refractivity contribution in [2.24, 2.45) is 0 Å². The summed E-state index contributed by atoms with van der Waals surface area (Å²) in [7, 11) is 0. The molecule has 5 heteroatoms. The van der Waals surface area contributed by atoms with E-state index in [4.69, 9.17) is 0 Å². The lowest BCUT2D eigenvalue weighted by Crippen LogP contribution is -2.24. The highest BCUT2D eigenvalue weighted by Gasteiger charge is 2.14. The molecule has 16 heavy (non-hydrogen) atoms. The highest BCUT2D eigenvalue weighted by molar-refractivity contribution is 5.94. The lowest BCUT2D eigenvalue weighted by Gasteiger charge is -2.04. The van der Waals surface area contributed by atoms with E-state index in [0.29, 0.717) is 17.7 Å². The van der Waals surface area contributed by atoms with Crippen LogP contribution < -0.4 is 5.32 Å². The third kappa shape index (κ3) is 2.79. The normalized spacial score (nSPS) is 9.88. The van der Waals surface area contributed by atoms with Gasteiger partial charge >= 0.3 is 0 Å². The van der Waals surface area contributed by atoms with Crippen LogP contribution in [0.1, 0.15) is 29.3 Å². The molecule has 0 heterocycles. The van der Waals surface area contributed by atoms with E-state index < -0.39 is 4.92 Å². The molecule has 0 saturated carbocycles. The van der Waals surface area contributed by atoms with Crippen LogP contribution in [0.3, 0.4) is 0 Å². The van der Waals surface area contributed by atoms with Gasteiger partial charge in [0.15, 0.2) is 0 Å². The number of nitro groups is 1. The van der Waals surface area contributed by atoms with Crippen molar-refractivity contribution in [3.63, 3.8) is 0 Å². The summed E-state index contributed by atoms with van der Waals surface area (Å²) in [6.45, 7) is 4.16. The molecule has 1 rings (SSSR count). The Labute approximate surface area is 93.6 Å². The van der Waals surface area contributed by atoms with Crippen molar-refractivity contribution in [2.45, 2.75) is 20.3 Å². The van der Waals surface area contributed by atoms with Gasteiger partial charge in [0.25, 0.3) is 11.6 Å². The van der Waals surface area contributed by atoms with Gasteiger partial charge in [0.1, 0.15) is 0 Å². The van der Waals surface area contributed by atoms with Crippen molar-refractivity contribution in [1.29, 1.82) is 0 Å². The first-order valence-corrected chi connectivity index (χ1v) is 5.09. The Bertz CT molecular complexity index is 416. The molecule has 1 amide bonds. The molecular formula is C11H14N2O3. The molecule has 1 N–H and O–H groups in total. The maximum Gasteiger partial charge on any atom is 0.273 e. The predicted octanol–water partition coefficient (Wildman–Crippen LogP) is 2.04. The summed E-state index contributed by atoms with van der Waals surface area (Å²) < 4.78 is 0. The molecule has 1 aromatic rings. The third-order valence-corrected chi connectivity index (χ3v) is 2.20. The van der Waals surface area contributed by atoms with Crippen molar-refractivity contribution in [3.8, 4) is 0 Å². The summed E-state index contributed by atoms with van der Waals surface area (Å²) in [6.07, 6.45) is 0.833. The number of aryl methyl sites for hydroxylation is 1. The Balaban J connectivity index is 2.94. The van der Waals surface area contributed by atoms with E-state index >= 15 is 0 Å². The van der Waals surface area contributed by atoms with Gasteiger partial charge in [-0.2, -0.15) is 0 Å². The van der Waals surface area contributed by atoms with Crippen LogP contribution >= 0.6 is 0 Å². The second kappa shape index (κ2) is 5.25.